The van der Waals surface area contributed by atoms with Crippen LogP contribution < -0.4 is 10.6 Å². The largest absolute Gasteiger partial charge is 0.365 e. The number of fused-ring (bicyclic) bond motifs is 1. The first-order chi connectivity index (χ1) is 11.2. The van der Waals surface area contributed by atoms with Crippen molar-refractivity contribution in [2.45, 2.75) is 6.54 Å². The third-order valence-electron chi connectivity index (χ3n) is 3.52. The molecule has 1 aromatic heterocycles. The van der Waals surface area contributed by atoms with Crippen molar-refractivity contribution in [2.24, 2.45) is 0 Å². The predicted molar refractivity (Wildman–Crippen MR) is 86.7 cm³/mol. The van der Waals surface area contributed by atoms with Gasteiger partial charge in [0.15, 0.2) is 0 Å². The second-order valence-electron chi connectivity index (χ2n) is 4.99. The van der Waals surface area contributed by atoms with E-state index in [-0.39, 0.29) is 11.7 Å². The van der Waals surface area contributed by atoms with Crippen molar-refractivity contribution in [3.05, 3.63) is 65.7 Å². The summed E-state index contributed by atoms with van der Waals surface area (Å²) in [4.78, 5) is 19.6. The highest BCUT2D eigenvalue weighted by Crippen LogP contribution is 2.21. The lowest BCUT2D eigenvalue weighted by Gasteiger charge is -2.09. The molecule has 6 heteroatoms. The first kappa shape index (κ1) is 14.9. The number of carbonyl (C=O) groups is 1. The second-order valence-corrected chi connectivity index (χ2v) is 4.99. The first-order valence-corrected chi connectivity index (χ1v) is 7.13. The number of nitrogens with one attached hydrogen (secondary N) is 2. The van der Waals surface area contributed by atoms with E-state index in [0.29, 0.717) is 28.8 Å². The molecular weight excluding hydrogens is 295 g/mol. The Bertz CT molecular complexity index is 849. The molecule has 0 bridgehead atoms. The van der Waals surface area contributed by atoms with Crippen molar-refractivity contribution in [3.8, 4) is 0 Å². The van der Waals surface area contributed by atoms with E-state index < -0.39 is 0 Å². The van der Waals surface area contributed by atoms with Crippen LogP contribution in [-0.2, 0) is 6.54 Å². The van der Waals surface area contributed by atoms with Crippen LogP contribution in [0.4, 0.5) is 10.2 Å². The minimum Gasteiger partial charge on any atom is -0.365 e. The van der Waals surface area contributed by atoms with Gasteiger partial charge in [0.25, 0.3) is 5.91 Å². The maximum atomic E-state index is 13.7. The Morgan fingerprint density at radius 3 is 2.65 bits per heavy atom. The molecular formula is C17H15FN4O. The van der Waals surface area contributed by atoms with E-state index in [1.165, 1.54) is 12.4 Å². The number of nitrogens with zero attached hydrogens (tertiary/aromatic N) is 2. The zero-order chi connectivity index (χ0) is 16.2. The Balaban J connectivity index is 1.78. The van der Waals surface area contributed by atoms with Crippen molar-refractivity contribution in [2.75, 3.05) is 12.4 Å². The fourth-order valence-electron chi connectivity index (χ4n) is 2.30. The molecule has 3 rings (SSSR count). The number of halogens is 1. The van der Waals surface area contributed by atoms with Crippen LogP contribution in [0.5, 0.6) is 0 Å². The number of hydrogen-bond acceptors (Lipinski definition) is 4. The highest BCUT2D eigenvalue weighted by molar-refractivity contribution is 5.94. The van der Waals surface area contributed by atoms with Crippen LogP contribution >= 0.6 is 0 Å². The van der Waals surface area contributed by atoms with Gasteiger partial charge in [-0.2, -0.15) is 0 Å². The summed E-state index contributed by atoms with van der Waals surface area (Å²) in [5, 5.41) is 6.39. The Hall–Kier alpha value is -3.02. The minimum absolute atomic E-state index is 0.123. The van der Waals surface area contributed by atoms with Crippen molar-refractivity contribution >= 4 is 22.6 Å². The third kappa shape index (κ3) is 3.11. The predicted octanol–water partition coefficient (Wildman–Crippen LogP) is 2.74. The molecule has 5 nitrogen and oxygen atoms in total. The highest BCUT2D eigenvalue weighted by atomic mass is 19.1. The van der Waals surface area contributed by atoms with Crippen molar-refractivity contribution in [1.82, 2.24) is 15.3 Å². The van der Waals surface area contributed by atoms with Gasteiger partial charge in [-0.25, -0.2) is 14.4 Å². The smallest absolute Gasteiger partial charge is 0.251 e. The Morgan fingerprint density at radius 2 is 1.91 bits per heavy atom. The minimum atomic E-state index is -0.372. The fourth-order valence-corrected chi connectivity index (χ4v) is 2.30. The number of anilines is 1. The van der Waals surface area contributed by atoms with Crippen LogP contribution in [0.1, 0.15) is 15.9 Å². The van der Waals surface area contributed by atoms with E-state index in [1.807, 2.05) is 12.1 Å². The van der Waals surface area contributed by atoms with E-state index >= 15 is 0 Å². The lowest BCUT2D eigenvalue weighted by Crippen LogP contribution is -2.17. The molecule has 0 atom stereocenters. The van der Waals surface area contributed by atoms with Crippen LogP contribution in [0.25, 0.3) is 10.9 Å². The van der Waals surface area contributed by atoms with Crippen molar-refractivity contribution in [3.63, 3.8) is 0 Å². The molecule has 2 aromatic carbocycles. The van der Waals surface area contributed by atoms with Crippen molar-refractivity contribution < 1.29 is 9.18 Å². The highest BCUT2D eigenvalue weighted by Gasteiger charge is 2.07. The zero-order valence-corrected chi connectivity index (χ0v) is 12.5. The Kier molecular flexibility index (Phi) is 4.14. The fraction of sp³-hybridized carbons (Fsp3) is 0.118. The van der Waals surface area contributed by atoms with Crippen LogP contribution in [0.15, 0.2) is 48.8 Å². The molecule has 0 aliphatic heterocycles. The summed E-state index contributed by atoms with van der Waals surface area (Å²) < 4.78 is 13.7. The monoisotopic (exact) mass is 310 g/mol. The number of carbonyl (C=O) groups excluding carboxylic acids is 1. The lowest BCUT2D eigenvalue weighted by atomic mass is 10.1. The Morgan fingerprint density at radius 1 is 1.13 bits per heavy atom. The van der Waals surface area contributed by atoms with Crippen LogP contribution in [0.2, 0.25) is 0 Å². The number of rotatable bonds is 4. The Labute approximate surface area is 132 Å². The molecule has 0 radical (unpaired) electrons. The van der Waals surface area contributed by atoms with Gasteiger partial charge in [0, 0.05) is 24.5 Å². The molecule has 0 saturated heterocycles. The zero-order valence-electron chi connectivity index (χ0n) is 12.5. The standard InChI is InChI=1S/C17H15FN4O/c1-19-17(23)12-7-5-11(6-8-12)9-20-16-13-3-2-4-14(18)15(13)21-10-22-16/h2-8,10H,9H2,1H3,(H,19,23)(H,20,21,22). The SMILES string of the molecule is CNC(=O)c1ccc(CNc2ncnc3c(F)cccc23)cc1. The molecule has 116 valence electrons. The van der Waals surface area contributed by atoms with Gasteiger partial charge >= 0.3 is 0 Å². The first-order valence-electron chi connectivity index (χ1n) is 7.13. The van der Waals surface area contributed by atoms with Gasteiger partial charge in [-0.1, -0.05) is 18.2 Å². The quantitative estimate of drug-likeness (QED) is 0.777. The molecule has 0 fully saturated rings. The summed E-state index contributed by atoms with van der Waals surface area (Å²) in [6.45, 7) is 0.511. The van der Waals surface area contributed by atoms with Gasteiger partial charge < -0.3 is 10.6 Å². The molecule has 0 aliphatic rings. The molecule has 0 aliphatic carbocycles. The van der Waals surface area contributed by atoms with E-state index in [4.69, 9.17) is 0 Å². The molecule has 23 heavy (non-hydrogen) atoms. The van der Waals surface area contributed by atoms with Crippen molar-refractivity contribution in [1.29, 1.82) is 0 Å². The maximum absolute atomic E-state index is 13.7. The molecule has 1 amide bonds. The van der Waals surface area contributed by atoms with E-state index in [0.717, 1.165) is 5.56 Å². The third-order valence-corrected chi connectivity index (χ3v) is 3.52. The summed E-state index contributed by atoms with van der Waals surface area (Å²) in [5.41, 5.74) is 1.88. The lowest BCUT2D eigenvalue weighted by molar-refractivity contribution is 0.0963. The number of benzene rings is 2. The number of para-hydroxylation sites is 1. The normalized spacial score (nSPS) is 10.5. The maximum Gasteiger partial charge on any atom is 0.251 e. The second kappa shape index (κ2) is 6.39. The van der Waals surface area contributed by atoms with Gasteiger partial charge in [-0.15, -0.1) is 0 Å². The number of amides is 1. The average Bonchev–Trinajstić information content (AvgIpc) is 2.60. The topological polar surface area (TPSA) is 66.9 Å². The molecule has 2 N–H and O–H groups in total. The van der Waals surface area contributed by atoms with Gasteiger partial charge in [-0.3, -0.25) is 4.79 Å². The van der Waals surface area contributed by atoms with Gasteiger partial charge in [0.05, 0.1) is 0 Å². The molecule has 0 saturated carbocycles. The summed E-state index contributed by atoms with van der Waals surface area (Å²) in [6.07, 6.45) is 1.34. The summed E-state index contributed by atoms with van der Waals surface area (Å²) in [6, 6.07) is 12.0. The summed E-state index contributed by atoms with van der Waals surface area (Å²) >= 11 is 0. The van der Waals surface area contributed by atoms with E-state index in [2.05, 4.69) is 20.6 Å². The number of aromatic nitrogens is 2. The summed E-state index contributed by atoms with van der Waals surface area (Å²) in [5.74, 6) is 0.0783. The van der Waals surface area contributed by atoms with Gasteiger partial charge in [0.1, 0.15) is 23.5 Å². The molecule has 1 heterocycles. The summed E-state index contributed by atoms with van der Waals surface area (Å²) in [7, 11) is 1.59. The van der Waals surface area contributed by atoms with E-state index in [9.17, 15) is 9.18 Å². The average molecular weight is 310 g/mol. The van der Waals surface area contributed by atoms with Gasteiger partial charge in [0.2, 0.25) is 0 Å². The van der Waals surface area contributed by atoms with Gasteiger partial charge in [-0.05, 0) is 29.8 Å². The van der Waals surface area contributed by atoms with Crippen LogP contribution in [0.3, 0.4) is 0 Å². The van der Waals surface area contributed by atoms with Crippen LogP contribution in [-0.4, -0.2) is 22.9 Å². The van der Waals surface area contributed by atoms with Crippen LogP contribution in [0, 0.1) is 5.82 Å². The molecule has 0 unspecified atom stereocenters. The molecule has 0 spiro atoms. The number of hydrogen-bond donors (Lipinski definition) is 2. The van der Waals surface area contributed by atoms with E-state index in [1.54, 1.807) is 31.3 Å². The molecule has 3 aromatic rings.